The Hall–Kier alpha value is -2.86. The molecule has 2 N–H and O–H groups in total. The van der Waals surface area contributed by atoms with Gasteiger partial charge in [0.05, 0.1) is 12.2 Å². The molecular weight excluding hydrogens is 416 g/mol. The minimum Gasteiger partial charge on any atom is -0.489 e. The van der Waals surface area contributed by atoms with Crippen LogP contribution in [0.1, 0.15) is 56.6 Å². The SMILES string of the molecule is CCc1ccc(CN2C(=O)C(N[C@@H](CC3CCCCC3)C(=O)O)COc3ccccc32)cc1. The van der Waals surface area contributed by atoms with Crippen molar-refractivity contribution < 1.29 is 19.4 Å². The molecule has 0 spiro atoms. The summed E-state index contributed by atoms with van der Waals surface area (Å²) < 4.78 is 5.99. The number of ether oxygens (including phenoxy) is 1. The molecule has 6 heteroatoms. The lowest BCUT2D eigenvalue weighted by Crippen LogP contribution is -2.54. The normalized spacial score (nSPS) is 20.0. The van der Waals surface area contributed by atoms with Gasteiger partial charge in [0.1, 0.15) is 24.4 Å². The van der Waals surface area contributed by atoms with Crippen LogP contribution in [0.25, 0.3) is 0 Å². The Morgan fingerprint density at radius 2 is 1.79 bits per heavy atom. The maximum absolute atomic E-state index is 13.7. The van der Waals surface area contributed by atoms with Gasteiger partial charge in [0.25, 0.3) is 0 Å². The number of hydrogen-bond acceptors (Lipinski definition) is 4. The van der Waals surface area contributed by atoms with Gasteiger partial charge in [0.2, 0.25) is 5.91 Å². The summed E-state index contributed by atoms with van der Waals surface area (Å²) in [5, 5.41) is 13.0. The number of carbonyl (C=O) groups is 2. The minimum atomic E-state index is -0.906. The number of carboxylic acids is 1. The first-order valence-corrected chi connectivity index (χ1v) is 12.1. The fourth-order valence-corrected chi connectivity index (χ4v) is 4.94. The molecule has 33 heavy (non-hydrogen) atoms. The number of carboxylic acid groups (broad SMARTS) is 1. The molecule has 1 heterocycles. The highest BCUT2D eigenvalue weighted by Gasteiger charge is 2.35. The fraction of sp³-hybridized carbons (Fsp3) is 0.481. The van der Waals surface area contributed by atoms with Gasteiger partial charge in [-0.2, -0.15) is 0 Å². The van der Waals surface area contributed by atoms with Crippen molar-refractivity contribution in [1.82, 2.24) is 5.32 Å². The zero-order valence-corrected chi connectivity index (χ0v) is 19.3. The van der Waals surface area contributed by atoms with Crippen LogP contribution in [0.2, 0.25) is 0 Å². The van der Waals surface area contributed by atoms with Crippen molar-refractivity contribution in [2.45, 2.75) is 70.5 Å². The van der Waals surface area contributed by atoms with Crippen molar-refractivity contribution in [3.63, 3.8) is 0 Å². The van der Waals surface area contributed by atoms with E-state index in [-0.39, 0.29) is 12.5 Å². The van der Waals surface area contributed by atoms with Crippen LogP contribution < -0.4 is 15.0 Å². The lowest BCUT2D eigenvalue weighted by molar-refractivity contribution is -0.140. The summed E-state index contributed by atoms with van der Waals surface area (Å²) in [7, 11) is 0. The summed E-state index contributed by atoms with van der Waals surface area (Å²) in [5.41, 5.74) is 2.98. The van der Waals surface area contributed by atoms with Crippen molar-refractivity contribution in [3.05, 3.63) is 59.7 Å². The van der Waals surface area contributed by atoms with Crippen molar-refractivity contribution in [1.29, 1.82) is 0 Å². The molecule has 1 fully saturated rings. The first kappa shape index (κ1) is 23.3. The Bertz CT molecular complexity index is 953. The number of nitrogens with zero attached hydrogens (tertiary/aromatic N) is 1. The number of hydrogen-bond donors (Lipinski definition) is 2. The largest absolute Gasteiger partial charge is 0.489 e. The van der Waals surface area contributed by atoms with Gasteiger partial charge < -0.3 is 14.7 Å². The van der Waals surface area contributed by atoms with E-state index in [0.29, 0.717) is 30.3 Å². The van der Waals surface area contributed by atoms with Crippen LogP contribution in [0.5, 0.6) is 5.75 Å². The van der Waals surface area contributed by atoms with Crippen LogP contribution in [-0.2, 0) is 22.6 Å². The van der Waals surface area contributed by atoms with E-state index < -0.39 is 18.1 Å². The Morgan fingerprint density at radius 3 is 2.48 bits per heavy atom. The molecule has 0 aromatic heterocycles. The van der Waals surface area contributed by atoms with Gasteiger partial charge in [0.15, 0.2) is 0 Å². The smallest absolute Gasteiger partial charge is 0.320 e. The van der Waals surface area contributed by atoms with Gasteiger partial charge in [-0.05, 0) is 42.0 Å². The average Bonchev–Trinajstić information content (AvgIpc) is 2.97. The van der Waals surface area contributed by atoms with Gasteiger partial charge in [-0.1, -0.05) is 75.4 Å². The van der Waals surface area contributed by atoms with Crippen LogP contribution in [0.15, 0.2) is 48.5 Å². The number of carbonyl (C=O) groups excluding carboxylic acids is 1. The molecule has 1 unspecified atom stereocenters. The summed E-state index contributed by atoms with van der Waals surface area (Å²) in [4.78, 5) is 27.5. The first-order chi connectivity index (χ1) is 16.0. The maximum Gasteiger partial charge on any atom is 0.320 e. The predicted octanol–water partition coefficient (Wildman–Crippen LogP) is 4.56. The molecule has 4 rings (SSSR count). The number of nitrogens with one attached hydrogen (secondary N) is 1. The average molecular weight is 451 g/mol. The quantitative estimate of drug-likeness (QED) is 0.617. The molecule has 0 radical (unpaired) electrons. The van der Waals surface area contributed by atoms with Gasteiger partial charge >= 0.3 is 5.97 Å². The molecule has 1 amide bonds. The van der Waals surface area contributed by atoms with E-state index in [1.165, 1.54) is 12.0 Å². The van der Waals surface area contributed by atoms with Gasteiger partial charge in [-0.15, -0.1) is 0 Å². The van der Waals surface area contributed by atoms with Crippen molar-refractivity contribution >= 4 is 17.6 Å². The molecule has 6 nitrogen and oxygen atoms in total. The van der Waals surface area contributed by atoms with Gasteiger partial charge in [-0.25, -0.2) is 0 Å². The Morgan fingerprint density at radius 1 is 1.09 bits per heavy atom. The topological polar surface area (TPSA) is 78.9 Å². The molecule has 2 aromatic rings. The second kappa shape index (κ2) is 10.8. The lowest BCUT2D eigenvalue weighted by Gasteiger charge is -2.29. The third kappa shape index (κ3) is 5.74. The first-order valence-electron chi connectivity index (χ1n) is 12.1. The molecule has 1 aliphatic carbocycles. The van der Waals surface area contributed by atoms with Crippen molar-refractivity contribution in [3.8, 4) is 5.75 Å². The summed E-state index contributed by atoms with van der Waals surface area (Å²) in [6.07, 6.45) is 7.17. The standard InChI is InChI=1S/C27H34N2O4/c1-2-19-12-14-21(15-13-19)17-29-24-10-6-7-11-25(24)33-18-23(26(29)30)28-22(27(31)32)16-20-8-4-3-5-9-20/h6-7,10-15,20,22-23,28H,2-5,8-9,16-18H2,1H3,(H,31,32)/t22-,23?/m0/s1. The Kier molecular flexibility index (Phi) is 7.65. The summed E-state index contributed by atoms with van der Waals surface area (Å²) in [6.45, 7) is 2.63. The zero-order valence-electron chi connectivity index (χ0n) is 19.3. The molecular formula is C27H34N2O4. The number of para-hydroxylation sites is 2. The number of aliphatic carboxylic acids is 1. The number of aryl methyl sites for hydroxylation is 1. The number of fused-ring (bicyclic) bond motifs is 1. The second-order valence-corrected chi connectivity index (χ2v) is 9.22. The molecule has 2 aromatic carbocycles. The van der Waals surface area contributed by atoms with E-state index in [9.17, 15) is 14.7 Å². The van der Waals surface area contributed by atoms with E-state index >= 15 is 0 Å². The highest BCUT2D eigenvalue weighted by atomic mass is 16.5. The molecule has 0 bridgehead atoms. The third-order valence-corrected chi connectivity index (χ3v) is 6.89. The summed E-state index contributed by atoms with van der Waals surface area (Å²) >= 11 is 0. The predicted molar refractivity (Wildman–Crippen MR) is 128 cm³/mol. The zero-order chi connectivity index (χ0) is 23.2. The van der Waals surface area contributed by atoms with Crippen LogP contribution >= 0.6 is 0 Å². The van der Waals surface area contributed by atoms with E-state index in [1.807, 2.05) is 36.4 Å². The van der Waals surface area contributed by atoms with Crippen molar-refractivity contribution in [2.75, 3.05) is 11.5 Å². The summed E-state index contributed by atoms with van der Waals surface area (Å²) in [6, 6.07) is 14.3. The third-order valence-electron chi connectivity index (χ3n) is 6.89. The molecule has 2 aliphatic rings. The Labute approximate surface area is 195 Å². The molecule has 176 valence electrons. The molecule has 0 saturated heterocycles. The lowest BCUT2D eigenvalue weighted by atomic mass is 9.84. The minimum absolute atomic E-state index is 0.107. The van der Waals surface area contributed by atoms with E-state index in [1.54, 1.807) is 4.90 Å². The van der Waals surface area contributed by atoms with Crippen LogP contribution in [0, 0.1) is 5.92 Å². The number of benzene rings is 2. The van der Waals surface area contributed by atoms with Gasteiger partial charge in [-0.3, -0.25) is 14.9 Å². The highest BCUT2D eigenvalue weighted by Crippen LogP contribution is 2.33. The number of anilines is 1. The van der Waals surface area contributed by atoms with E-state index in [0.717, 1.165) is 37.7 Å². The van der Waals surface area contributed by atoms with Crippen LogP contribution in [-0.4, -0.2) is 35.7 Å². The maximum atomic E-state index is 13.7. The van der Waals surface area contributed by atoms with Crippen LogP contribution in [0.4, 0.5) is 5.69 Å². The fourth-order valence-electron chi connectivity index (χ4n) is 4.94. The second-order valence-electron chi connectivity index (χ2n) is 9.22. The summed E-state index contributed by atoms with van der Waals surface area (Å²) in [5.74, 6) is -0.0368. The molecule has 1 aliphatic heterocycles. The van der Waals surface area contributed by atoms with E-state index in [2.05, 4.69) is 24.4 Å². The Balaban J connectivity index is 1.55. The van der Waals surface area contributed by atoms with E-state index in [4.69, 9.17) is 4.74 Å². The number of rotatable bonds is 8. The number of amides is 1. The van der Waals surface area contributed by atoms with Crippen molar-refractivity contribution in [2.24, 2.45) is 5.92 Å². The molecule has 1 saturated carbocycles. The molecule has 2 atom stereocenters. The van der Waals surface area contributed by atoms with Crippen LogP contribution in [0.3, 0.4) is 0 Å². The van der Waals surface area contributed by atoms with Gasteiger partial charge in [0, 0.05) is 0 Å². The monoisotopic (exact) mass is 450 g/mol. The highest BCUT2D eigenvalue weighted by molar-refractivity contribution is 5.99.